The van der Waals surface area contributed by atoms with E-state index in [0.717, 1.165) is 24.1 Å². The summed E-state index contributed by atoms with van der Waals surface area (Å²) in [7, 11) is 0. The minimum absolute atomic E-state index is 0.263. The molecule has 1 amide bonds. The number of aromatic nitrogens is 1. The third kappa shape index (κ3) is 2.64. The molecule has 0 unspecified atom stereocenters. The molecule has 1 saturated heterocycles. The minimum atomic E-state index is 0.263. The van der Waals surface area contributed by atoms with E-state index in [4.69, 9.17) is 11.6 Å². The first-order chi connectivity index (χ1) is 10.5. The summed E-state index contributed by atoms with van der Waals surface area (Å²) in [6.45, 7) is 6.52. The van der Waals surface area contributed by atoms with E-state index in [1.807, 2.05) is 18.7 Å². The van der Waals surface area contributed by atoms with E-state index in [1.165, 1.54) is 0 Å². The lowest BCUT2D eigenvalue weighted by Gasteiger charge is -2.36. The van der Waals surface area contributed by atoms with Gasteiger partial charge in [0.2, 0.25) is 5.91 Å². The maximum Gasteiger partial charge on any atom is 0.225 e. The Labute approximate surface area is 135 Å². The molecule has 1 aromatic heterocycles. The van der Waals surface area contributed by atoms with Gasteiger partial charge in [-0.05, 0) is 32.3 Å². The maximum atomic E-state index is 12.1. The molecule has 22 heavy (non-hydrogen) atoms. The third-order valence-corrected chi connectivity index (χ3v) is 5.01. The molecule has 0 spiro atoms. The average molecular weight is 319 g/mol. The van der Waals surface area contributed by atoms with Gasteiger partial charge in [-0.15, -0.1) is 0 Å². The van der Waals surface area contributed by atoms with Gasteiger partial charge in [-0.1, -0.05) is 11.6 Å². The van der Waals surface area contributed by atoms with E-state index in [0.29, 0.717) is 42.6 Å². The highest BCUT2D eigenvalue weighted by Gasteiger charge is 2.35. The number of anilines is 1. The van der Waals surface area contributed by atoms with Crippen LogP contribution in [0.25, 0.3) is 0 Å². The maximum absolute atomic E-state index is 12.1. The van der Waals surface area contributed by atoms with E-state index in [1.54, 1.807) is 0 Å². The Morgan fingerprint density at radius 3 is 2.45 bits per heavy atom. The Morgan fingerprint density at radius 2 is 1.91 bits per heavy atom. The van der Waals surface area contributed by atoms with Crippen molar-refractivity contribution in [1.29, 1.82) is 5.26 Å². The number of amides is 1. The third-order valence-electron chi connectivity index (χ3n) is 4.45. The van der Waals surface area contributed by atoms with E-state index in [9.17, 15) is 10.1 Å². The summed E-state index contributed by atoms with van der Waals surface area (Å²) >= 11 is 6.19. The number of hydrogen-bond donors (Lipinski definition) is 0. The van der Waals surface area contributed by atoms with Crippen molar-refractivity contribution in [2.75, 3.05) is 31.1 Å². The van der Waals surface area contributed by atoms with Crippen LogP contribution >= 0.6 is 11.6 Å². The van der Waals surface area contributed by atoms with Gasteiger partial charge in [0.15, 0.2) is 0 Å². The van der Waals surface area contributed by atoms with Crippen LogP contribution in [-0.2, 0) is 4.79 Å². The van der Waals surface area contributed by atoms with Gasteiger partial charge in [-0.3, -0.25) is 4.79 Å². The standard InChI is InChI=1S/C16H19ClN4O/c1-10-13(9-18)15(19-11(2)14(10)17)20-5-7-21(8-6-20)16(22)12-3-4-12/h12H,3-8H2,1-2H3. The van der Waals surface area contributed by atoms with Crippen molar-refractivity contribution in [3.8, 4) is 6.07 Å². The minimum Gasteiger partial charge on any atom is -0.352 e. The summed E-state index contributed by atoms with van der Waals surface area (Å²) in [5.41, 5.74) is 2.06. The van der Waals surface area contributed by atoms with Gasteiger partial charge in [-0.25, -0.2) is 4.98 Å². The summed E-state index contributed by atoms with van der Waals surface area (Å²) in [6.07, 6.45) is 2.07. The molecule has 0 bridgehead atoms. The Morgan fingerprint density at radius 1 is 1.27 bits per heavy atom. The van der Waals surface area contributed by atoms with Crippen LogP contribution in [0.15, 0.2) is 0 Å². The van der Waals surface area contributed by atoms with Crippen molar-refractivity contribution < 1.29 is 4.79 Å². The lowest BCUT2D eigenvalue weighted by Crippen LogP contribution is -2.49. The van der Waals surface area contributed by atoms with Gasteiger partial charge in [0.25, 0.3) is 0 Å². The normalized spacial score (nSPS) is 18.3. The van der Waals surface area contributed by atoms with Gasteiger partial charge in [-0.2, -0.15) is 5.26 Å². The molecule has 2 fully saturated rings. The van der Waals surface area contributed by atoms with Crippen LogP contribution in [-0.4, -0.2) is 42.0 Å². The van der Waals surface area contributed by atoms with Crippen LogP contribution < -0.4 is 4.90 Å². The predicted octanol–water partition coefficient (Wildman–Crippen LogP) is 2.28. The topological polar surface area (TPSA) is 60.2 Å². The fourth-order valence-electron chi connectivity index (χ4n) is 2.90. The van der Waals surface area contributed by atoms with Gasteiger partial charge in [0.05, 0.1) is 16.3 Å². The molecule has 0 radical (unpaired) electrons. The molecular weight excluding hydrogens is 300 g/mol. The average Bonchev–Trinajstić information content (AvgIpc) is 3.37. The number of nitrogens with zero attached hydrogens (tertiary/aromatic N) is 4. The first-order valence-corrected chi connectivity index (χ1v) is 8.01. The molecule has 1 aliphatic heterocycles. The summed E-state index contributed by atoms with van der Waals surface area (Å²) in [5.74, 6) is 1.25. The van der Waals surface area contributed by atoms with Crippen LogP contribution in [0.1, 0.15) is 29.7 Å². The fourth-order valence-corrected chi connectivity index (χ4v) is 3.04. The molecule has 3 rings (SSSR count). The van der Waals surface area contributed by atoms with Gasteiger partial charge in [0.1, 0.15) is 11.9 Å². The zero-order chi connectivity index (χ0) is 15.9. The molecule has 1 aromatic rings. The van der Waals surface area contributed by atoms with E-state index in [-0.39, 0.29) is 11.8 Å². The molecular formula is C16H19ClN4O. The van der Waals surface area contributed by atoms with Crippen LogP contribution in [0.3, 0.4) is 0 Å². The van der Waals surface area contributed by atoms with Crippen molar-refractivity contribution in [2.45, 2.75) is 26.7 Å². The molecule has 1 saturated carbocycles. The zero-order valence-electron chi connectivity index (χ0n) is 12.9. The lowest BCUT2D eigenvalue weighted by atomic mass is 10.1. The molecule has 2 heterocycles. The van der Waals surface area contributed by atoms with Crippen LogP contribution in [0.2, 0.25) is 5.02 Å². The summed E-state index contributed by atoms with van der Waals surface area (Å²) < 4.78 is 0. The smallest absolute Gasteiger partial charge is 0.225 e. The molecule has 1 aliphatic carbocycles. The molecule has 116 valence electrons. The van der Waals surface area contributed by atoms with Crippen molar-refractivity contribution in [3.05, 3.63) is 21.8 Å². The summed E-state index contributed by atoms with van der Waals surface area (Å²) in [4.78, 5) is 20.6. The number of hydrogen-bond acceptors (Lipinski definition) is 4. The quantitative estimate of drug-likeness (QED) is 0.839. The second-order valence-electron chi connectivity index (χ2n) is 6.03. The predicted molar refractivity (Wildman–Crippen MR) is 85.0 cm³/mol. The van der Waals surface area contributed by atoms with Gasteiger partial charge < -0.3 is 9.80 Å². The van der Waals surface area contributed by atoms with Crippen LogP contribution in [0, 0.1) is 31.1 Å². The van der Waals surface area contributed by atoms with Gasteiger partial charge in [0, 0.05) is 32.1 Å². The number of piperazine rings is 1. The molecule has 6 heteroatoms. The highest BCUT2D eigenvalue weighted by atomic mass is 35.5. The Kier molecular flexibility index (Phi) is 3.96. The molecule has 0 N–H and O–H groups in total. The molecule has 0 aromatic carbocycles. The highest BCUT2D eigenvalue weighted by Crippen LogP contribution is 2.32. The number of nitriles is 1. The van der Waals surface area contributed by atoms with Gasteiger partial charge >= 0.3 is 0 Å². The SMILES string of the molecule is Cc1nc(N2CCN(C(=O)C3CC3)CC2)c(C#N)c(C)c1Cl. The number of rotatable bonds is 2. The molecule has 5 nitrogen and oxygen atoms in total. The Bertz CT molecular complexity index is 655. The van der Waals surface area contributed by atoms with Crippen LogP contribution in [0.4, 0.5) is 5.82 Å². The largest absolute Gasteiger partial charge is 0.352 e. The summed E-state index contributed by atoms with van der Waals surface area (Å²) in [5, 5.41) is 9.98. The zero-order valence-corrected chi connectivity index (χ0v) is 13.7. The highest BCUT2D eigenvalue weighted by molar-refractivity contribution is 6.32. The number of pyridine rings is 1. The monoisotopic (exact) mass is 318 g/mol. The lowest BCUT2D eigenvalue weighted by molar-refractivity contribution is -0.132. The van der Waals surface area contributed by atoms with E-state index < -0.39 is 0 Å². The molecule has 2 aliphatic rings. The van der Waals surface area contributed by atoms with Crippen molar-refractivity contribution in [2.24, 2.45) is 5.92 Å². The molecule has 0 atom stereocenters. The Hall–Kier alpha value is -1.80. The van der Waals surface area contributed by atoms with E-state index >= 15 is 0 Å². The second-order valence-corrected chi connectivity index (χ2v) is 6.41. The first-order valence-electron chi connectivity index (χ1n) is 7.63. The number of carbonyl (C=O) groups is 1. The fraction of sp³-hybridized carbons (Fsp3) is 0.562. The van der Waals surface area contributed by atoms with Crippen molar-refractivity contribution in [3.63, 3.8) is 0 Å². The first kappa shape index (κ1) is 15.1. The van der Waals surface area contributed by atoms with Crippen molar-refractivity contribution >= 4 is 23.3 Å². The summed E-state index contributed by atoms with van der Waals surface area (Å²) in [6, 6.07) is 2.22. The second kappa shape index (κ2) is 5.77. The number of carbonyl (C=O) groups excluding carboxylic acids is 1. The Balaban J connectivity index is 1.79. The number of halogens is 1. The van der Waals surface area contributed by atoms with Crippen LogP contribution in [0.5, 0.6) is 0 Å². The number of aryl methyl sites for hydroxylation is 1. The van der Waals surface area contributed by atoms with Crippen molar-refractivity contribution in [1.82, 2.24) is 9.88 Å². The van der Waals surface area contributed by atoms with E-state index in [2.05, 4.69) is 16.0 Å².